The quantitative estimate of drug-likeness (QED) is 0.843. The molecule has 2 rings (SSSR count). The number of benzene rings is 1. The number of hydrogen-bond donors (Lipinski definition) is 1. The summed E-state index contributed by atoms with van der Waals surface area (Å²) in [7, 11) is 0. The number of aryl methyl sites for hydroxylation is 2. The van der Waals surface area contributed by atoms with Crippen LogP contribution in [0.4, 0.5) is 4.39 Å². The van der Waals surface area contributed by atoms with E-state index in [0.29, 0.717) is 0 Å². The summed E-state index contributed by atoms with van der Waals surface area (Å²) in [5.74, 6) is 1.33. The van der Waals surface area contributed by atoms with Crippen LogP contribution in [0.1, 0.15) is 28.7 Å². The molecule has 1 atom stereocenters. The molecule has 0 spiro atoms. The Labute approximate surface area is 93.9 Å². The number of furan rings is 1. The second-order valence-electron chi connectivity index (χ2n) is 3.90. The van der Waals surface area contributed by atoms with Crippen LogP contribution in [0.3, 0.4) is 0 Å². The fourth-order valence-electron chi connectivity index (χ4n) is 1.84. The van der Waals surface area contributed by atoms with Crippen molar-refractivity contribution in [3.63, 3.8) is 0 Å². The Kier molecular flexibility index (Phi) is 2.79. The standard InChI is InChI=1S/C13H14FNO/c1-8-6-12(9(2)16-8)13(15)10-4-3-5-11(14)7-10/h3-7,13H,15H2,1-2H3. The first-order valence-electron chi connectivity index (χ1n) is 5.16. The SMILES string of the molecule is Cc1cc(C(N)c2cccc(F)c2)c(C)o1. The lowest BCUT2D eigenvalue weighted by atomic mass is 10.00. The molecule has 1 aromatic carbocycles. The molecule has 0 bridgehead atoms. The van der Waals surface area contributed by atoms with E-state index >= 15 is 0 Å². The Morgan fingerprint density at radius 3 is 2.56 bits per heavy atom. The molecular formula is C13H14FNO. The van der Waals surface area contributed by atoms with Crippen LogP contribution in [0.15, 0.2) is 34.7 Å². The first kappa shape index (κ1) is 10.9. The van der Waals surface area contributed by atoms with Crippen molar-refractivity contribution in [1.82, 2.24) is 0 Å². The molecule has 84 valence electrons. The summed E-state index contributed by atoms with van der Waals surface area (Å²) in [4.78, 5) is 0. The van der Waals surface area contributed by atoms with E-state index in [-0.39, 0.29) is 11.9 Å². The average molecular weight is 219 g/mol. The molecule has 2 nitrogen and oxygen atoms in total. The van der Waals surface area contributed by atoms with Crippen LogP contribution in [0.5, 0.6) is 0 Å². The van der Waals surface area contributed by atoms with Gasteiger partial charge in [-0.15, -0.1) is 0 Å². The van der Waals surface area contributed by atoms with Crippen molar-refractivity contribution in [2.24, 2.45) is 5.73 Å². The largest absolute Gasteiger partial charge is 0.466 e. The number of hydrogen-bond acceptors (Lipinski definition) is 2. The highest BCUT2D eigenvalue weighted by molar-refractivity contribution is 5.34. The van der Waals surface area contributed by atoms with E-state index in [9.17, 15) is 4.39 Å². The summed E-state index contributed by atoms with van der Waals surface area (Å²) in [6.07, 6.45) is 0. The van der Waals surface area contributed by atoms with Crippen LogP contribution in [-0.2, 0) is 0 Å². The van der Waals surface area contributed by atoms with Gasteiger partial charge < -0.3 is 10.2 Å². The minimum Gasteiger partial charge on any atom is -0.466 e. The lowest BCUT2D eigenvalue weighted by Gasteiger charge is -2.10. The van der Waals surface area contributed by atoms with Crippen molar-refractivity contribution in [2.75, 3.05) is 0 Å². The summed E-state index contributed by atoms with van der Waals surface area (Å²) in [5, 5.41) is 0. The third kappa shape index (κ3) is 1.99. The van der Waals surface area contributed by atoms with Gasteiger partial charge in [0.1, 0.15) is 17.3 Å². The molecule has 2 N–H and O–H groups in total. The van der Waals surface area contributed by atoms with Crippen molar-refractivity contribution >= 4 is 0 Å². The highest BCUT2D eigenvalue weighted by Crippen LogP contribution is 2.25. The van der Waals surface area contributed by atoms with Crippen LogP contribution < -0.4 is 5.73 Å². The van der Waals surface area contributed by atoms with Crippen LogP contribution in [0, 0.1) is 19.7 Å². The second-order valence-corrected chi connectivity index (χ2v) is 3.90. The van der Waals surface area contributed by atoms with E-state index in [2.05, 4.69) is 0 Å². The summed E-state index contributed by atoms with van der Waals surface area (Å²) in [5.41, 5.74) is 7.73. The van der Waals surface area contributed by atoms with Crippen LogP contribution in [0.25, 0.3) is 0 Å². The molecule has 0 aliphatic heterocycles. The van der Waals surface area contributed by atoms with Crippen molar-refractivity contribution in [3.05, 3.63) is 58.8 Å². The zero-order chi connectivity index (χ0) is 11.7. The Morgan fingerprint density at radius 1 is 1.25 bits per heavy atom. The highest BCUT2D eigenvalue weighted by atomic mass is 19.1. The fourth-order valence-corrected chi connectivity index (χ4v) is 1.84. The molecule has 0 saturated heterocycles. The summed E-state index contributed by atoms with van der Waals surface area (Å²) in [6.45, 7) is 3.73. The average Bonchev–Trinajstić information content (AvgIpc) is 2.57. The van der Waals surface area contributed by atoms with Gasteiger partial charge in [-0.1, -0.05) is 12.1 Å². The topological polar surface area (TPSA) is 39.2 Å². The molecule has 16 heavy (non-hydrogen) atoms. The van der Waals surface area contributed by atoms with E-state index in [0.717, 1.165) is 22.6 Å². The van der Waals surface area contributed by atoms with Gasteiger partial charge in [0.05, 0.1) is 6.04 Å². The maximum atomic E-state index is 13.1. The van der Waals surface area contributed by atoms with Gasteiger partial charge in [0, 0.05) is 5.56 Å². The van der Waals surface area contributed by atoms with Gasteiger partial charge in [-0.25, -0.2) is 4.39 Å². The Balaban J connectivity index is 2.38. The molecular weight excluding hydrogens is 205 g/mol. The summed E-state index contributed by atoms with van der Waals surface area (Å²) < 4.78 is 18.5. The van der Waals surface area contributed by atoms with E-state index in [1.165, 1.54) is 12.1 Å². The van der Waals surface area contributed by atoms with Crippen molar-refractivity contribution in [2.45, 2.75) is 19.9 Å². The molecule has 1 aromatic heterocycles. The minimum atomic E-state index is -0.340. The van der Waals surface area contributed by atoms with Crippen molar-refractivity contribution in [1.29, 1.82) is 0 Å². The lowest BCUT2D eigenvalue weighted by molar-refractivity contribution is 0.499. The first-order chi connectivity index (χ1) is 7.58. The smallest absolute Gasteiger partial charge is 0.123 e. The van der Waals surface area contributed by atoms with Gasteiger partial charge in [0.25, 0.3) is 0 Å². The molecule has 0 aliphatic rings. The highest BCUT2D eigenvalue weighted by Gasteiger charge is 2.15. The van der Waals surface area contributed by atoms with Gasteiger partial charge >= 0.3 is 0 Å². The Bertz CT molecular complexity index is 504. The Morgan fingerprint density at radius 2 is 2.00 bits per heavy atom. The predicted octanol–water partition coefficient (Wildman–Crippen LogP) is 3.08. The van der Waals surface area contributed by atoms with Gasteiger partial charge in [-0.2, -0.15) is 0 Å². The molecule has 0 fully saturated rings. The fraction of sp³-hybridized carbons (Fsp3) is 0.231. The second kappa shape index (κ2) is 4.10. The summed E-state index contributed by atoms with van der Waals surface area (Å²) >= 11 is 0. The zero-order valence-corrected chi connectivity index (χ0v) is 9.33. The molecule has 0 amide bonds. The predicted molar refractivity (Wildman–Crippen MR) is 60.6 cm³/mol. The van der Waals surface area contributed by atoms with E-state index in [1.54, 1.807) is 6.07 Å². The maximum absolute atomic E-state index is 13.1. The van der Waals surface area contributed by atoms with Gasteiger partial charge in [-0.05, 0) is 37.6 Å². The molecule has 0 radical (unpaired) electrons. The van der Waals surface area contributed by atoms with Gasteiger partial charge in [-0.3, -0.25) is 0 Å². The first-order valence-corrected chi connectivity index (χ1v) is 5.16. The zero-order valence-electron chi connectivity index (χ0n) is 9.33. The van der Waals surface area contributed by atoms with E-state index in [4.69, 9.17) is 10.2 Å². The third-order valence-corrected chi connectivity index (χ3v) is 2.62. The van der Waals surface area contributed by atoms with Gasteiger partial charge in [0.2, 0.25) is 0 Å². The molecule has 0 saturated carbocycles. The molecule has 1 heterocycles. The third-order valence-electron chi connectivity index (χ3n) is 2.62. The normalized spacial score (nSPS) is 12.8. The summed E-state index contributed by atoms with van der Waals surface area (Å²) in [6, 6.07) is 7.89. The van der Waals surface area contributed by atoms with Crippen LogP contribution in [-0.4, -0.2) is 0 Å². The number of rotatable bonds is 2. The van der Waals surface area contributed by atoms with Crippen LogP contribution >= 0.6 is 0 Å². The number of halogens is 1. The minimum absolute atomic E-state index is 0.272. The van der Waals surface area contributed by atoms with Crippen molar-refractivity contribution < 1.29 is 8.81 Å². The van der Waals surface area contributed by atoms with E-state index < -0.39 is 0 Å². The molecule has 2 aromatic rings. The van der Waals surface area contributed by atoms with Gasteiger partial charge in [0.15, 0.2) is 0 Å². The lowest BCUT2D eigenvalue weighted by Crippen LogP contribution is -2.12. The van der Waals surface area contributed by atoms with E-state index in [1.807, 2.05) is 26.0 Å². The maximum Gasteiger partial charge on any atom is 0.123 e. The monoisotopic (exact) mass is 219 g/mol. The molecule has 0 aliphatic carbocycles. The van der Waals surface area contributed by atoms with Crippen molar-refractivity contribution in [3.8, 4) is 0 Å². The molecule has 3 heteroatoms. The van der Waals surface area contributed by atoms with Crippen LogP contribution in [0.2, 0.25) is 0 Å². The Hall–Kier alpha value is -1.61. The number of nitrogens with two attached hydrogens (primary N) is 1. The molecule has 1 unspecified atom stereocenters.